The highest BCUT2D eigenvalue weighted by Crippen LogP contribution is 2.50. The van der Waals surface area contributed by atoms with Gasteiger partial charge in [0.25, 0.3) is 0 Å². The molecule has 1 aliphatic carbocycles. The fourth-order valence-corrected chi connectivity index (χ4v) is 4.71. The zero-order chi connectivity index (χ0) is 17.3. The van der Waals surface area contributed by atoms with Crippen LogP contribution in [0, 0.1) is 17.3 Å². The molecule has 0 spiro atoms. The van der Waals surface area contributed by atoms with E-state index in [1.54, 1.807) is 11.3 Å². The number of fused-ring (bicyclic) bond motifs is 1. The second-order valence-electron chi connectivity index (χ2n) is 8.41. The minimum atomic E-state index is 0.287. The molecule has 0 radical (unpaired) electrons. The van der Waals surface area contributed by atoms with E-state index in [0.29, 0.717) is 12.5 Å². The topological polar surface area (TPSA) is 22.1 Å². The number of thiazole rings is 1. The highest BCUT2D eigenvalue weighted by atomic mass is 32.1. The Morgan fingerprint density at radius 2 is 2.08 bits per heavy atom. The summed E-state index contributed by atoms with van der Waals surface area (Å²) in [5, 5.41) is 0. The highest BCUT2D eigenvalue weighted by Gasteiger charge is 2.38. The van der Waals surface area contributed by atoms with Crippen LogP contribution in [-0.4, -0.2) is 4.98 Å². The van der Waals surface area contributed by atoms with Gasteiger partial charge in [-0.05, 0) is 59.3 Å². The van der Waals surface area contributed by atoms with E-state index < -0.39 is 0 Å². The van der Waals surface area contributed by atoms with E-state index in [1.165, 1.54) is 28.8 Å². The molecule has 1 aromatic heterocycles. The van der Waals surface area contributed by atoms with Crippen molar-refractivity contribution in [3.05, 3.63) is 45.9 Å². The van der Waals surface area contributed by atoms with Gasteiger partial charge in [-0.25, -0.2) is 0 Å². The second kappa shape index (κ2) is 6.87. The van der Waals surface area contributed by atoms with E-state index in [2.05, 4.69) is 57.8 Å². The summed E-state index contributed by atoms with van der Waals surface area (Å²) in [6, 6.07) is 6.74. The number of benzene rings is 1. The van der Waals surface area contributed by atoms with Gasteiger partial charge in [0.1, 0.15) is 12.4 Å². The lowest BCUT2D eigenvalue weighted by Crippen LogP contribution is -2.33. The molecule has 2 aromatic rings. The Hall–Kier alpha value is -1.35. The summed E-state index contributed by atoms with van der Waals surface area (Å²) in [6.07, 6.45) is 4.33. The molecule has 1 aromatic carbocycles. The van der Waals surface area contributed by atoms with Crippen LogP contribution in [-0.2, 0) is 13.0 Å². The first-order chi connectivity index (χ1) is 11.4. The molecule has 0 fully saturated rings. The Bertz CT molecular complexity index is 670. The Labute approximate surface area is 150 Å². The lowest BCUT2D eigenvalue weighted by molar-refractivity contribution is 0.169. The monoisotopic (exact) mass is 343 g/mol. The Morgan fingerprint density at radius 3 is 2.71 bits per heavy atom. The number of rotatable bonds is 4. The van der Waals surface area contributed by atoms with Gasteiger partial charge in [0.2, 0.25) is 0 Å². The van der Waals surface area contributed by atoms with E-state index in [1.807, 2.05) is 11.7 Å². The standard InChI is InChI=1S/C21H29NOS/c1-14(2)18-8-6-15-10-16(23-12-17-11-22-13-24-17)7-9-19(15)20(18)21(3,4)5/h7,9-11,13-14,18,20H,6,8,12H2,1-5H3. The maximum Gasteiger partial charge on any atom is 0.124 e. The third kappa shape index (κ3) is 3.66. The molecule has 2 atom stereocenters. The van der Waals surface area contributed by atoms with Crippen molar-refractivity contribution in [2.45, 2.75) is 60.0 Å². The van der Waals surface area contributed by atoms with Crippen molar-refractivity contribution in [3.63, 3.8) is 0 Å². The molecule has 2 nitrogen and oxygen atoms in total. The number of nitrogens with zero attached hydrogens (tertiary/aromatic N) is 1. The molecule has 130 valence electrons. The average Bonchev–Trinajstić information content (AvgIpc) is 3.03. The van der Waals surface area contributed by atoms with Crippen molar-refractivity contribution in [2.75, 3.05) is 0 Å². The van der Waals surface area contributed by atoms with Crippen LogP contribution in [0.3, 0.4) is 0 Å². The lowest BCUT2D eigenvalue weighted by atomic mass is 9.61. The largest absolute Gasteiger partial charge is 0.488 e. The van der Waals surface area contributed by atoms with Crippen LogP contribution in [0.5, 0.6) is 5.75 Å². The molecule has 0 N–H and O–H groups in total. The van der Waals surface area contributed by atoms with Gasteiger partial charge in [-0.15, -0.1) is 11.3 Å². The van der Waals surface area contributed by atoms with Crippen molar-refractivity contribution in [3.8, 4) is 5.75 Å². The van der Waals surface area contributed by atoms with Crippen molar-refractivity contribution in [2.24, 2.45) is 17.3 Å². The Morgan fingerprint density at radius 1 is 1.29 bits per heavy atom. The molecule has 1 aliphatic rings. The van der Waals surface area contributed by atoms with Gasteiger partial charge in [-0.3, -0.25) is 4.98 Å². The van der Waals surface area contributed by atoms with Crippen LogP contribution in [0.1, 0.15) is 63.0 Å². The van der Waals surface area contributed by atoms with Gasteiger partial charge in [-0.2, -0.15) is 0 Å². The van der Waals surface area contributed by atoms with E-state index in [4.69, 9.17) is 4.74 Å². The second-order valence-corrected chi connectivity index (χ2v) is 9.38. The van der Waals surface area contributed by atoms with Crippen molar-refractivity contribution in [1.29, 1.82) is 0 Å². The third-order valence-electron chi connectivity index (χ3n) is 5.28. The van der Waals surface area contributed by atoms with Gasteiger partial charge in [0.15, 0.2) is 0 Å². The maximum atomic E-state index is 5.98. The summed E-state index contributed by atoms with van der Waals surface area (Å²) < 4.78 is 5.98. The number of aryl methyl sites for hydroxylation is 1. The van der Waals surface area contributed by atoms with E-state index in [9.17, 15) is 0 Å². The van der Waals surface area contributed by atoms with Gasteiger partial charge in [0, 0.05) is 6.20 Å². The lowest BCUT2D eigenvalue weighted by Gasteiger charge is -2.44. The van der Waals surface area contributed by atoms with Gasteiger partial charge in [0.05, 0.1) is 10.4 Å². The number of hydrogen-bond acceptors (Lipinski definition) is 3. The first-order valence-electron chi connectivity index (χ1n) is 8.99. The summed E-state index contributed by atoms with van der Waals surface area (Å²) in [7, 11) is 0. The highest BCUT2D eigenvalue weighted by molar-refractivity contribution is 7.09. The zero-order valence-corrected chi connectivity index (χ0v) is 16.3. The molecule has 0 amide bonds. The van der Waals surface area contributed by atoms with Crippen LogP contribution in [0.4, 0.5) is 0 Å². The van der Waals surface area contributed by atoms with Crippen molar-refractivity contribution >= 4 is 11.3 Å². The first kappa shape index (κ1) is 17.5. The number of ether oxygens (including phenoxy) is 1. The summed E-state index contributed by atoms with van der Waals surface area (Å²) in [4.78, 5) is 5.27. The van der Waals surface area contributed by atoms with Crippen LogP contribution >= 0.6 is 11.3 Å². The smallest absolute Gasteiger partial charge is 0.124 e. The molecule has 24 heavy (non-hydrogen) atoms. The minimum absolute atomic E-state index is 0.287. The predicted molar refractivity (Wildman–Crippen MR) is 102 cm³/mol. The van der Waals surface area contributed by atoms with Gasteiger partial charge in [-0.1, -0.05) is 40.7 Å². The molecular weight excluding hydrogens is 314 g/mol. The van der Waals surface area contributed by atoms with E-state index >= 15 is 0 Å². The van der Waals surface area contributed by atoms with Crippen LogP contribution in [0.15, 0.2) is 29.9 Å². The Kier molecular flexibility index (Phi) is 5.00. The Balaban J connectivity index is 1.84. The average molecular weight is 344 g/mol. The SMILES string of the molecule is CC(C)C1CCc2cc(OCc3cncs3)ccc2C1C(C)(C)C. The molecule has 0 saturated carbocycles. The predicted octanol–water partition coefficient (Wildman–Crippen LogP) is 6.07. The van der Waals surface area contributed by atoms with Crippen LogP contribution in [0.25, 0.3) is 0 Å². The summed E-state index contributed by atoms with van der Waals surface area (Å²) in [5.41, 5.74) is 5.16. The summed E-state index contributed by atoms with van der Waals surface area (Å²) >= 11 is 1.64. The van der Waals surface area contributed by atoms with Gasteiger partial charge >= 0.3 is 0 Å². The van der Waals surface area contributed by atoms with Crippen LogP contribution in [0.2, 0.25) is 0 Å². The van der Waals surface area contributed by atoms with E-state index in [-0.39, 0.29) is 5.41 Å². The minimum Gasteiger partial charge on any atom is -0.488 e. The molecule has 0 bridgehead atoms. The van der Waals surface area contributed by atoms with Crippen molar-refractivity contribution < 1.29 is 4.74 Å². The molecule has 1 heterocycles. The third-order valence-corrected chi connectivity index (χ3v) is 6.03. The zero-order valence-electron chi connectivity index (χ0n) is 15.5. The fourth-order valence-electron chi connectivity index (χ4n) is 4.21. The fraction of sp³-hybridized carbons (Fsp3) is 0.571. The summed E-state index contributed by atoms with van der Waals surface area (Å²) in [5.74, 6) is 3.10. The maximum absolute atomic E-state index is 5.98. The van der Waals surface area contributed by atoms with E-state index in [0.717, 1.165) is 17.6 Å². The van der Waals surface area contributed by atoms with Crippen molar-refractivity contribution in [1.82, 2.24) is 4.98 Å². The molecule has 2 unspecified atom stereocenters. The van der Waals surface area contributed by atoms with Gasteiger partial charge < -0.3 is 4.74 Å². The summed E-state index contributed by atoms with van der Waals surface area (Å²) in [6.45, 7) is 12.5. The van der Waals surface area contributed by atoms with Crippen LogP contribution < -0.4 is 4.74 Å². The normalized spacial score (nSPS) is 20.9. The number of aromatic nitrogens is 1. The molecule has 0 aliphatic heterocycles. The number of hydrogen-bond donors (Lipinski definition) is 0. The first-order valence-corrected chi connectivity index (χ1v) is 9.87. The molecular formula is C21H29NOS. The molecule has 3 rings (SSSR count). The molecule has 3 heteroatoms. The quantitative estimate of drug-likeness (QED) is 0.672. The molecule has 0 saturated heterocycles.